The van der Waals surface area contributed by atoms with Crippen LogP contribution >= 0.6 is 0 Å². The minimum absolute atomic E-state index is 0.0602. The van der Waals surface area contributed by atoms with Gasteiger partial charge < -0.3 is 10.6 Å². The SMILES string of the molecule is O=C(CCNc1cccc(C(F)(F)F)c1)NCc1ccccc1F. The monoisotopic (exact) mass is 340 g/mol. The third-order valence-corrected chi connectivity index (χ3v) is 3.30. The summed E-state index contributed by atoms with van der Waals surface area (Å²) in [5.41, 5.74) is -0.0973. The van der Waals surface area contributed by atoms with Gasteiger partial charge >= 0.3 is 6.18 Å². The van der Waals surface area contributed by atoms with Crippen LogP contribution in [0.15, 0.2) is 48.5 Å². The molecule has 0 heterocycles. The van der Waals surface area contributed by atoms with Crippen molar-refractivity contribution in [3.8, 4) is 0 Å². The maximum Gasteiger partial charge on any atom is 0.416 e. The number of carbonyl (C=O) groups is 1. The second-order valence-corrected chi connectivity index (χ2v) is 5.12. The van der Waals surface area contributed by atoms with Crippen LogP contribution in [0, 0.1) is 5.82 Å². The molecule has 2 aromatic rings. The van der Waals surface area contributed by atoms with E-state index in [0.717, 1.165) is 12.1 Å². The number of carbonyl (C=O) groups excluding carboxylic acids is 1. The summed E-state index contributed by atoms with van der Waals surface area (Å²) in [4.78, 5) is 11.7. The quantitative estimate of drug-likeness (QED) is 0.782. The first kappa shape index (κ1) is 17.8. The van der Waals surface area contributed by atoms with Gasteiger partial charge in [-0.15, -0.1) is 0 Å². The average Bonchev–Trinajstić information content (AvgIpc) is 2.54. The van der Waals surface area contributed by atoms with E-state index in [1.807, 2.05) is 0 Å². The maximum absolute atomic E-state index is 13.4. The van der Waals surface area contributed by atoms with E-state index in [9.17, 15) is 22.4 Å². The summed E-state index contributed by atoms with van der Waals surface area (Å²) in [6.45, 7) is 0.236. The number of hydrogen-bond donors (Lipinski definition) is 2. The van der Waals surface area contributed by atoms with Gasteiger partial charge in [-0.05, 0) is 24.3 Å². The van der Waals surface area contributed by atoms with Crippen molar-refractivity contribution in [1.82, 2.24) is 5.32 Å². The molecule has 2 N–H and O–H groups in total. The molecule has 0 spiro atoms. The van der Waals surface area contributed by atoms with Crippen LogP contribution in [-0.2, 0) is 17.5 Å². The molecule has 1 amide bonds. The fraction of sp³-hybridized carbons (Fsp3) is 0.235. The fourth-order valence-corrected chi connectivity index (χ4v) is 2.05. The molecule has 0 bridgehead atoms. The molecular weight excluding hydrogens is 324 g/mol. The average molecular weight is 340 g/mol. The van der Waals surface area contributed by atoms with E-state index in [1.54, 1.807) is 18.2 Å². The molecule has 0 aliphatic rings. The van der Waals surface area contributed by atoms with Gasteiger partial charge in [-0.3, -0.25) is 4.79 Å². The van der Waals surface area contributed by atoms with Crippen LogP contribution in [0.2, 0.25) is 0 Å². The Morgan fingerprint density at radius 3 is 2.50 bits per heavy atom. The van der Waals surface area contributed by atoms with Crippen LogP contribution in [-0.4, -0.2) is 12.5 Å². The summed E-state index contributed by atoms with van der Waals surface area (Å²) in [5.74, 6) is -0.724. The smallest absolute Gasteiger partial charge is 0.385 e. The van der Waals surface area contributed by atoms with Crippen LogP contribution in [0.5, 0.6) is 0 Å². The van der Waals surface area contributed by atoms with E-state index in [4.69, 9.17) is 0 Å². The Labute approximate surface area is 136 Å². The molecule has 0 saturated carbocycles. The molecule has 2 aromatic carbocycles. The molecule has 0 radical (unpaired) electrons. The van der Waals surface area contributed by atoms with Gasteiger partial charge in [0.1, 0.15) is 5.82 Å². The lowest BCUT2D eigenvalue weighted by molar-refractivity contribution is -0.137. The number of rotatable bonds is 6. The van der Waals surface area contributed by atoms with Gasteiger partial charge in [0.25, 0.3) is 0 Å². The number of amides is 1. The molecule has 2 rings (SSSR count). The Kier molecular flexibility index (Phi) is 5.78. The minimum atomic E-state index is -4.41. The van der Waals surface area contributed by atoms with Crippen molar-refractivity contribution in [2.24, 2.45) is 0 Å². The molecule has 0 aliphatic heterocycles. The Morgan fingerprint density at radius 1 is 1.04 bits per heavy atom. The highest BCUT2D eigenvalue weighted by atomic mass is 19.4. The summed E-state index contributed by atoms with van der Waals surface area (Å²) >= 11 is 0. The minimum Gasteiger partial charge on any atom is -0.385 e. The van der Waals surface area contributed by atoms with Gasteiger partial charge in [-0.2, -0.15) is 13.2 Å². The van der Waals surface area contributed by atoms with E-state index >= 15 is 0 Å². The number of hydrogen-bond acceptors (Lipinski definition) is 2. The van der Waals surface area contributed by atoms with Gasteiger partial charge in [0.2, 0.25) is 5.91 Å². The molecule has 24 heavy (non-hydrogen) atoms. The van der Waals surface area contributed by atoms with Crippen LogP contribution < -0.4 is 10.6 Å². The Morgan fingerprint density at radius 2 is 1.79 bits per heavy atom. The molecule has 0 fully saturated rings. The number of nitrogens with one attached hydrogen (secondary N) is 2. The lowest BCUT2D eigenvalue weighted by Gasteiger charge is -2.11. The fourth-order valence-electron chi connectivity index (χ4n) is 2.05. The van der Waals surface area contributed by atoms with Crippen molar-refractivity contribution < 1.29 is 22.4 Å². The van der Waals surface area contributed by atoms with Crippen molar-refractivity contribution >= 4 is 11.6 Å². The Hall–Kier alpha value is -2.57. The van der Waals surface area contributed by atoms with Crippen LogP contribution in [0.3, 0.4) is 0 Å². The van der Waals surface area contributed by atoms with Crippen LogP contribution in [0.1, 0.15) is 17.5 Å². The second-order valence-electron chi connectivity index (χ2n) is 5.12. The van der Waals surface area contributed by atoms with E-state index < -0.39 is 17.6 Å². The van der Waals surface area contributed by atoms with Crippen molar-refractivity contribution in [3.63, 3.8) is 0 Å². The van der Waals surface area contributed by atoms with E-state index in [1.165, 1.54) is 18.2 Å². The van der Waals surface area contributed by atoms with Gasteiger partial charge in [0, 0.05) is 30.8 Å². The normalized spacial score (nSPS) is 11.2. The maximum atomic E-state index is 13.4. The summed E-state index contributed by atoms with van der Waals surface area (Å²) in [6, 6.07) is 10.8. The zero-order chi connectivity index (χ0) is 17.6. The molecule has 0 atom stereocenters. The first-order valence-corrected chi connectivity index (χ1v) is 7.27. The summed E-state index contributed by atoms with van der Waals surface area (Å²) in [5, 5.41) is 5.33. The van der Waals surface area contributed by atoms with Crippen molar-refractivity contribution in [2.45, 2.75) is 19.1 Å². The largest absolute Gasteiger partial charge is 0.416 e. The molecule has 0 saturated heterocycles. The molecule has 7 heteroatoms. The lowest BCUT2D eigenvalue weighted by atomic mass is 10.2. The van der Waals surface area contributed by atoms with Crippen LogP contribution in [0.4, 0.5) is 23.2 Å². The number of alkyl halides is 3. The standard InChI is InChI=1S/C17H16F4N2O/c18-15-7-2-1-4-12(15)11-23-16(24)8-9-22-14-6-3-5-13(10-14)17(19,20)21/h1-7,10,22H,8-9,11H2,(H,23,24). The molecule has 0 aliphatic carbocycles. The Bertz CT molecular complexity index is 701. The van der Waals surface area contributed by atoms with Crippen LogP contribution in [0.25, 0.3) is 0 Å². The van der Waals surface area contributed by atoms with Gasteiger partial charge in [-0.1, -0.05) is 24.3 Å². The Balaban J connectivity index is 1.78. The van der Waals surface area contributed by atoms with Crippen molar-refractivity contribution in [3.05, 3.63) is 65.5 Å². The highest BCUT2D eigenvalue weighted by Crippen LogP contribution is 2.30. The van der Waals surface area contributed by atoms with Crippen molar-refractivity contribution in [1.29, 1.82) is 0 Å². The zero-order valence-electron chi connectivity index (χ0n) is 12.7. The summed E-state index contributed by atoms with van der Waals surface area (Å²) in [6.07, 6.45) is -4.35. The van der Waals surface area contributed by atoms with E-state index in [2.05, 4.69) is 10.6 Å². The molecule has 128 valence electrons. The van der Waals surface area contributed by atoms with E-state index in [0.29, 0.717) is 5.56 Å². The molecule has 3 nitrogen and oxygen atoms in total. The third kappa shape index (κ3) is 5.26. The second kappa shape index (κ2) is 7.81. The number of halogens is 4. The first-order chi connectivity index (χ1) is 11.4. The summed E-state index contributed by atoms with van der Waals surface area (Å²) in [7, 11) is 0. The van der Waals surface area contributed by atoms with Gasteiger partial charge in [0.05, 0.1) is 5.56 Å². The first-order valence-electron chi connectivity index (χ1n) is 7.27. The lowest BCUT2D eigenvalue weighted by Crippen LogP contribution is -2.25. The highest BCUT2D eigenvalue weighted by molar-refractivity contribution is 5.76. The topological polar surface area (TPSA) is 41.1 Å². The van der Waals surface area contributed by atoms with Crippen molar-refractivity contribution in [2.75, 3.05) is 11.9 Å². The highest BCUT2D eigenvalue weighted by Gasteiger charge is 2.30. The van der Waals surface area contributed by atoms with E-state index in [-0.39, 0.29) is 31.1 Å². The molecule has 0 unspecified atom stereocenters. The van der Waals surface area contributed by atoms with Gasteiger partial charge in [0.15, 0.2) is 0 Å². The number of benzene rings is 2. The third-order valence-electron chi connectivity index (χ3n) is 3.30. The zero-order valence-corrected chi connectivity index (χ0v) is 12.7. The predicted octanol–water partition coefficient (Wildman–Crippen LogP) is 3.96. The molecular formula is C17H16F4N2O. The number of anilines is 1. The predicted molar refractivity (Wildman–Crippen MR) is 82.8 cm³/mol. The molecule has 0 aromatic heterocycles. The van der Waals surface area contributed by atoms with Gasteiger partial charge in [-0.25, -0.2) is 4.39 Å². The summed E-state index contributed by atoms with van der Waals surface area (Å²) < 4.78 is 51.2.